The van der Waals surface area contributed by atoms with Crippen LogP contribution in [-0.2, 0) is 6.42 Å². The van der Waals surface area contributed by atoms with Gasteiger partial charge in [-0.2, -0.15) is 0 Å². The van der Waals surface area contributed by atoms with Gasteiger partial charge < -0.3 is 15.9 Å². The fraction of sp³-hybridized carbons (Fsp3) is 0.300. The second-order valence-corrected chi connectivity index (χ2v) is 3.51. The normalized spacial score (nSPS) is 19.4. The summed E-state index contributed by atoms with van der Waals surface area (Å²) in [7, 11) is 0. The van der Waals surface area contributed by atoms with Crippen molar-refractivity contribution in [3.8, 4) is 5.75 Å². The van der Waals surface area contributed by atoms with E-state index in [-0.39, 0.29) is 17.4 Å². The third kappa shape index (κ3) is 1.24. The zero-order chi connectivity index (χ0) is 10.3. The molecular formula is C10H11NO3. The Hall–Kier alpha value is -1.55. The first kappa shape index (κ1) is 9.02. The van der Waals surface area contributed by atoms with E-state index in [0.29, 0.717) is 0 Å². The van der Waals surface area contributed by atoms with Gasteiger partial charge in [0.1, 0.15) is 5.75 Å². The number of carboxylic acids is 1. The van der Waals surface area contributed by atoms with Crippen molar-refractivity contribution in [3.63, 3.8) is 0 Å². The standard InChI is InChI=1S/C10H11NO3/c11-8-2-1-6-7(8)3-5(10(13)14)4-9(6)12/h3-4,8,12H,1-2,11H2,(H,13,14)/t8-/m1/s1. The van der Waals surface area contributed by atoms with E-state index in [1.54, 1.807) is 6.07 Å². The molecule has 0 spiro atoms. The third-order valence-electron chi connectivity index (χ3n) is 2.61. The van der Waals surface area contributed by atoms with Crippen LogP contribution in [0.3, 0.4) is 0 Å². The van der Waals surface area contributed by atoms with Gasteiger partial charge in [0.25, 0.3) is 0 Å². The van der Waals surface area contributed by atoms with E-state index in [1.165, 1.54) is 6.07 Å². The van der Waals surface area contributed by atoms with Gasteiger partial charge in [-0.1, -0.05) is 0 Å². The van der Waals surface area contributed by atoms with Gasteiger partial charge in [-0.25, -0.2) is 4.79 Å². The number of aromatic hydroxyl groups is 1. The van der Waals surface area contributed by atoms with Gasteiger partial charge in [0.05, 0.1) is 5.56 Å². The Morgan fingerprint density at radius 1 is 1.50 bits per heavy atom. The van der Waals surface area contributed by atoms with Crippen molar-refractivity contribution in [2.45, 2.75) is 18.9 Å². The summed E-state index contributed by atoms with van der Waals surface area (Å²) in [6.07, 6.45) is 1.49. The van der Waals surface area contributed by atoms with Gasteiger partial charge in [-0.3, -0.25) is 0 Å². The van der Waals surface area contributed by atoms with E-state index in [0.717, 1.165) is 24.0 Å². The molecule has 0 radical (unpaired) electrons. The summed E-state index contributed by atoms with van der Waals surface area (Å²) in [4.78, 5) is 10.7. The van der Waals surface area contributed by atoms with E-state index >= 15 is 0 Å². The van der Waals surface area contributed by atoms with Crippen LogP contribution in [0, 0.1) is 0 Å². The van der Waals surface area contributed by atoms with Crippen LogP contribution in [-0.4, -0.2) is 16.2 Å². The predicted molar refractivity (Wildman–Crippen MR) is 50.3 cm³/mol. The molecule has 0 heterocycles. The zero-order valence-corrected chi connectivity index (χ0v) is 7.53. The largest absolute Gasteiger partial charge is 0.508 e. The van der Waals surface area contributed by atoms with E-state index in [1.807, 2.05) is 0 Å². The molecule has 4 N–H and O–H groups in total. The molecule has 0 fully saturated rings. The molecule has 74 valence electrons. The second-order valence-electron chi connectivity index (χ2n) is 3.51. The monoisotopic (exact) mass is 193 g/mol. The minimum absolute atomic E-state index is 0.0489. The van der Waals surface area contributed by atoms with Crippen LogP contribution in [0.5, 0.6) is 5.75 Å². The molecule has 14 heavy (non-hydrogen) atoms. The number of hydrogen-bond donors (Lipinski definition) is 3. The van der Waals surface area contributed by atoms with Crippen LogP contribution in [0.15, 0.2) is 12.1 Å². The quantitative estimate of drug-likeness (QED) is 0.622. The highest BCUT2D eigenvalue weighted by molar-refractivity contribution is 5.88. The molecule has 4 heteroatoms. The highest BCUT2D eigenvalue weighted by atomic mass is 16.4. The molecule has 0 unspecified atom stereocenters. The van der Waals surface area contributed by atoms with Crippen molar-refractivity contribution in [1.82, 2.24) is 0 Å². The molecule has 0 aliphatic heterocycles. The number of aromatic carboxylic acids is 1. The lowest BCUT2D eigenvalue weighted by molar-refractivity contribution is 0.0696. The van der Waals surface area contributed by atoms with Crippen LogP contribution < -0.4 is 5.73 Å². The Kier molecular flexibility index (Phi) is 1.93. The minimum Gasteiger partial charge on any atom is -0.508 e. The van der Waals surface area contributed by atoms with E-state index in [4.69, 9.17) is 10.8 Å². The third-order valence-corrected chi connectivity index (χ3v) is 2.61. The van der Waals surface area contributed by atoms with Gasteiger partial charge in [0.2, 0.25) is 0 Å². The summed E-state index contributed by atoms with van der Waals surface area (Å²) < 4.78 is 0. The summed E-state index contributed by atoms with van der Waals surface area (Å²) in [5.74, 6) is -0.991. The summed E-state index contributed by atoms with van der Waals surface area (Å²) in [5.41, 5.74) is 7.44. The average molecular weight is 193 g/mol. The van der Waals surface area contributed by atoms with Gasteiger partial charge in [-0.15, -0.1) is 0 Å². The molecule has 1 aromatic carbocycles. The first-order chi connectivity index (χ1) is 6.59. The van der Waals surface area contributed by atoms with Crippen LogP contribution in [0.25, 0.3) is 0 Å². The molecule has 1 aliphatic rings. The summed E-state index contributed by atoms with van der Waals surface area (Å²) in [5, 5.41) is 18.3. The minimum atomic E-state index is -1.04. The van der Waals surface area contributed by atoms with Gasteiger partial charge >= 0.3 is 5.97 Å². The number of hydrogen-bond acceptors (Lipinski definition) is 3. The Morgan fingerprint density at radius 2 is 2.21 bits per heavy atom. The van der Waals surface area contributed by atoms with Crippen molar-refractivity contribution >= 4 is 5.97 Å². The lowest BCUT2D eigenvalue weighted by Crippen LogP contribution is -2.07. The highest BCUT2D eigenvalue weighted by Crippen LogP contribution is 2.36. The molecule has 1 aromatic rings. The maximum absolute atomic E-state index is 10.7. The fourth-order valence-corrected chi connectivity index (χ4v) is 1.86. The molecule has 2 rings (SSSR count). The van der Waals surface area contributed by atoms with Gasteiger partial charge in [0, 0.05) is 6.04 Å². The lowest BCUT2D eigenvalue weighted by Gasteiger charge is -2.07. The van der Waals surface area contributed by atoms with Crippen molar-refractivity contribution in [2.75, 3.05) is 0 Å². The molecule has 1 atom stereocenters. The molecule has 0 saturated heterocycles. The van der Waals surface area contributed by atoms with E-state index in [9.17, 15) is 9.90 Å². The summed E-state index contributed by atoms with van der Waals surface area (Å²) in [6, 6.07) is 2.68. The fourth-order valence-electron chi connectivity index (χ4n) is 1.86. The number of benzene rings is 1. The number of carbonyl (C=O) groups is 1. The number of fused-ring (bicyclic) bond motifs is 1. The maximum atomic E-state index is 10.7. The SMILES string of the molecule is N[C@@H]1CCc2c(O)cc(C(=O)O)cc21. The molecule has 0 bridgehead atoms. The Bertz CT molecular complexity index is 401. The predicted octanol–water partition coefficient (Wildman–Crippen LogP) is 1.04. The van der Waals surface area contributed by atoms with Crippen molar-refractivity contribution in [2.24, 2.45) is 5.73 Å². The number of phenols is 1. The van der Waals surface area contributed by atoms with Gasteiger partial charge in [-0.05, 0) is 36.1 Å². The van der Waals surface area contributed by atoms with Crippen molar-refractivity contribution in [3.05, 3.63) is 28.8 Å². The highest BCUT2D eigenvalue weighted by Gasteiger charge is 2.23. The molecular weight excluding hydrogens is 182 g/mol. The number of carboxylic acid groups (broad SMARTS) is 1. The van der Waals surface area contributed by atoms with Crippen LogP contribution in [0.4, 0.5) is 0 Å². The Balaban J connectivity index is 2.58. The topological polar surface area (TPSA) is 83.5 Å². The van der Waals surface area contributed by atoms with E-state index in [2.05, 4.69) is 0 Å². The lowest BCUT2D eigenvalue weighted by atomic mass is 10.0. The average Bonchev–Trinajstić information content (AvgIpc) is 2.48. The second kappa shape index (κ2) is 2.99. The smallest absolute Gasteiger partial charge is 0.335 e. The van der Waals surface area contributed by atoms with Crippen LogP contribution >= 0.6 is 0 Å². The molecule has 0 aromatic heterocycles. The molecule has 1 aliphatic carbocycles. The summed E-state index contributed by atoms with van der Waals surface area (Å²) in [6.45, 7) is 0. The van der Waals surface area contributed by atoms with Crippen LogP contribution in [0.2, 0.25) is 0 Å². The van der Waals surface area contributed by atoms with E-state index < -0.39 is 5.97 Å². The maximum Gasteiger partial charge on any atom is 0.335 e. The Morgan fingerprint density at radius 3 is 2.86 bits per heavy atom. The number of rotatable bonds is 1. The van der Waals surface area contributed by atoms with Crippen LogP contribution in [0.1, 0.15) is 33.9 Å². The molecule has 4 nitrogen and oxygen atoms in total. The van der Waals surface area contributed by atoms with Crippen molar-refractivity contribution < 1.29 is 15.0 Å². The molecule has 0 amide bonds. The first-order valence-electron chi connectivity index (χ1n) is 4.44. The number of nitrogens with two attached hydrogens (primary N) is 1. The Labute approximate surface area is 81.0 Å². The molecule has 0 saturated carbocycles. The number of phenolic OH excluding ortho intramolecular Hbond substituents is 1. The summed E-state index contributed by atoms with van der Waals surface area (Å²) >= 11 is 0. The van der Waals surface area contributed by atoms with Gasteiger partial charge in [0.15, 0.2) is 0 Å². The zero-order valence-electron chi connectivity index (χ0n) is 7.53. The first-order valence-corrected chi connectivity index (χ1v) is 4.44. The van der Waals surface area contributed by atoms with Crippen molar-refractivity contribution in [1.29, 1.82) is 0 Å².